The lowest BCUT2D eigenvalue weighted by molar-refractivity contribution is -0.158. The van der Waals surface area contributed by atoms with E-state index in [0.717, 1.165) is 0 Å². The van der Waals surface area contributed by atoms with Crippen molar-refractivity contribution in [2.24, 2.45) is 17.6 Å². The van der Waals surface area contributed by atoms with Crippen LogP contribution in [0, 0.1) is 11.8 Å². The zero-order valence-electron chi connectivity index (χ0n) is 20.9. The predicted molar refractivity (Wildman–Crippen MR) is 131 cm³/mol. The highest BCUT2D eigenvalue weighted by Crippen LogP contribution is 2.52. The molecule has 5 heterocycles. The maximum Gasteiger partial charge on any atom is 0.353 e. The molecule has 0 aliphatic carbocycles. The van der Waals surface area contributed by atoms with Gasteiger partial charge in [0.2, 0.25) is 17.7 Å². The molecule has 3 fully saturated rings. The number of tetrazole rings is 1. The molecule has 206 valence electrons. The Hall–Kier alpha value is -3.11. The van der Waals surface area contributed by atoms with Crippen LogP contribution in [-0.4, -0.2) is 114 Å². The minimum atomic E-state index is -1.52. The fourth-order valence-electron chi connectivity index (χ4n) is 5.79. The number of amides is 3. The predicted octanol–water partition coefficient (Wildman–Crippen LogP) is -2.08. The van der Waals surface area contributed by atoms with Gasteiger partial charge >= 0.3 is 5.97 Å². The normalized spacial score (nSPS) is 30.5. The van der Waals surface area contributed by atoms with Crippen LogP contribution < -0.4 is 16.4 Å². The smallest absolute Gasteiger partial charge is 0.353 e. The average Bonchev–Trinajstić information content (AvgIpc) is 3.57. The van der Waals surface area contributed by atoms with Gasteiger partial charge in [0.1, 0.15) is 18.6 Å². The second kappa shape index (κ2) is 9.89. The van der Waals surface area contributed by atoms with Gasteiger partial charge in [-0.1, -0.05) is 6.92 Å². The third kappa shape index (κ3) is 4.53. The molecule has 14 nitrogen and oxygen atoms in total. The van der Waals surface area contributed by atoms with Crippen LogP contribution in [0.15, 0.2) is 16.9 Å². The minimum absolute atomic E-state index is 0.0196. The lowest BCUT2D eigenvalue weighted by Crippen LogP contribution is -2.66. The molecule has 3 saturated heterocycles. The highest BCUT2D eigenvalue weighted by atomic mass is 32.2. The number of fused-ring (bicyclic) bond motifs is 1. The Morgan fingerprint density at radius 2 is 2.13 bits per heavy atom. The van der Waals surface area contributed by atoms with Gasteiger partial charge in [-0.25, -0.2) is 13.9 Å². The summed E-state index contributed by atoms with van der Waals surface area (Å²) in [5.74, 6) is -2.95. The number of aromatic nitrogens is 4. The maximum absolute atomic E-state index is 14.1. The monoisotopic (exact) mass is 551 g/mol. The standard InChI is InChI=1S/C22H30FN9O5S/c1-10-16-15(11(2)27-14(33)5-31-9-26-28-29-31)20(35)32(16)17(21(36)37)18(10)38-12-3-13(25-4-12)19(34)30-7-22(23,6-24)8-30/h9-13,15-16,25H,3-8,24H2,1-2H3,(H,27,33)(H,36,37)/t10-,11-,12?,13?,15-,16-/m1/s1. The molecule has 38 heavy (non-hydrogen) atoms. The number of aliphatic carboxylic acids is 1. The average molecular weight is 552 g/mol. The van der Waals surface area contributed by atoms with Crippen molar-refractivity contribution in [2.75, 3.05) is 26.2 Å². The molecule has 5 rings (SSSR count). The molecular formula is C22H30FN9O5S. The summed E-state index contributed by atoms with van der Waals surface area (Å²) in [6.45, 7) is 3.80. The molecule has 2 unspecified atom stereocenters. The van der Waals surface area contributed by atoms with Crippen molar-refractivity contribution in [1.29, 1.82) is 0 Å². The summed E-state index contributed by atoms with van der Waals surface area (Å²) in [4.78, 5) is 53.8. The van der Waals surface area contributed by atoms with Gasteiger partial charge in [-0.05, 0) is 23.8 Å². The molecule has 5 N–H and O–H groups in total. The maximum atomic E-state index is 14.1. The van der Waals surface area contributed by atoms with Crippen molar-refractivity contribution in [1.82, 2.24) is 40.6 Å². The summed E-state index contributed by atoms with van der Waals surface area (Å²) >= 11 is 1.37. The minimum Gasteiger partial charge on any atom is -0.477 e. The number of nitrogens with two attached hydrogens (primary N) is 1. The number of β-lactam (4-membered cyclic amide) rings is 1. The van der Waals surface area contributed by atoms with E-state index in [2.05, 4.69) is 26.2 Å². The fraction of sp³-hybridized carbons (Fsp3) is 0.682. The molecule has 6 atom stereocenters. The molecule has 0 radical (unpaired) electrons. The number of rotatable bonds is 9. The van der Waals surface area contributed by atoms with E-state index in [1.807, 2.05) is 6.92 Å². The first-order chi connectivity index (χ1) is 18.0. The molecule has 4 aliphatic rings. The largest absolute Gasteiger partial charge is 0.477 e. The molecule has 3 amide bonds. The third-order valence-electron chi connectivity index (χ3n) is 7.72. The molecule has 0 saturated carbocycles. The zero-order chi connectivity index (χ0) is 27.4. The first kappa shape index (κ1) is 26.5. The number of hydrogen-bond donors (Lipinski definition) is 4. The lowest BCUT2D eigenvalue weighted by atomic mass is 9.78. The van der Waals surface area contributed by atoms with Gasteiger partial charge in [-0.15, -0.1) is 16.9 Å². The summed E-state index contributed by atoms with van der Waals surface area (Å²) in [6.07, 6.45) is 1.76. The van der Waals surface area contributed by atoms with Gasteiger partial charge in [0.05, 0.1) is 31.1 Å². The fourth-order valence-corrected chi connectivity index (χ4v) is 7.27. The highest BCUT2D eigenvalue weighted by Gasteiger charge is 2.60. The van der Waals surface area contributed by atoms with Crippen LogP contribution in [0.25, 0.3) is 0 Å². The van der Waals surface area contributed by atoms with Crippen molar-refractivity contribution < 1.29 is 28.7 Å². The Balaban J connectivity index is 1.22. The second-order valence-electron chi connectivity index (χ2n) is 10.4. The van der Waals surface area contributed by atoms with Crippen LogP contribution in [0.3, 0.4) is 0 Å². The number of hydrogen-bond acceptors (Lipinski definition) is 10. The van der Waals surface area contributed by atoms with E-state index in [1.54, 1.807) is 6.92 Å². The molecule has 0 bridgehead atoms. The van der Waals surface area contributed by atoms with Crippen molar-refractivity contribution in [3.05, 3.63) is 16.9 Å². The summed E-state index contributed by atoms with van der Waals surface area (Å²) < 4.78 is 15.4. The van der Waals surface area contributed by atoms with Crippen LogP contribution in [0.2, 0.25) is 0 Å². The third-order valence-corrected chi connectivity index (χ3v) is 9.24. The van der Waals surface area contributed by atoms with Crippen LogP contribution in [-0.2, 0) is 25.7 Å². The van der Waals surface area contributed by atoms with Gasteiger partial charge in [0, 0.05) is 35.2 Å². The van der Waals surface area contributed by atoms with E-state index in [4.69, 9.17) is 5.73 Å². The first-order valence-corrected chi connectivity index (χ1v) is 13.3. The topological polar surface area (TPSA) is 189 Å². The Morgan fingerprint density at radius 3 is 2.76 bits per heavy atom. The second-order valence-corrected chi connectivity index (χ2v) is 11.7. The van der Waals surface area contributed by atoms with Crippen molar-refractivity contribution in [2.45, 2.75) is 55.9 Å². The van der Waals surface area contributed by atoms with Crippen molar-refractivity contribution in [3.8, 4) is 0 Å². The molecular weight excluding hydrogens is 521 g/mol. The Kier molecular flexibility index (Phi) is 6.89. The van der Waals surface area contributed by atoms with Gasteiger partial charge in [0.25, 0.3) is 0 Å². The summed E-state index contributed by atoms with van der Waals surface area (Å²) in [5, 5.41) is 26.5. The molecule has 16 heteroatoms. The number of nitrogens with zero attached hydrogens (tertiary/aromatic N) is 6. The first-order valence-electron chi connectivity index (χ1n) is 12.4. The number of carbonyl (C=O) groups is 4. The molecule has 0 spiro atoms. The number of carbonyl (C=O) groups excluding carboxylic acids is 3. The quantitative estimate of drug-likeness (QED) is 0.247. The van der Waals surface area contributed by atoms with Crippen LogP contribution in [0.5, 0.6) is 0 Å². The Bertz CT molecular complexity index is 1170. The molecule has 1 aromatic rings. The highest BCUT2D eigenvalue weighted by molar-refractivity contribution is 8.03. The van der Waals surface area contributed by atoms with Crippen LogP contribution >= 0.6 is 11.8 Å². The number of likely N-dealkylation sites (tertiary alicyclic amines) is 1. The van der Waals surface area contributed by atoms with Gasteiger partial charge in [-0.3, -0.25) is 14.4 Å². The van der Waals surface area contributed by atoms with E-state index < -0.39 is 35.7 Å². The van der Waals surface area contributed by atoms with Crippen molar-refractivity contribution >= 4 is 35.5 Å². The Labute approximate surface area is 221 Å². The number of carboxylic acids is 1. The van der Waals surface area contributed by atoms with E-state index in [-0.39, 0.29) is 60.8 Å². The zero-order valence-corrected chi connectivity index (χ0v) is 21.7. The van der Waals surface area contributed by atoms with Gasteiger partial charge < -0.3 is 31.3 Å². The number of thioether (sulfide) groups is 1. The van der Waals surface area contributed by atoms with Crippen LogP contribution in [0.1, 0.15) is 20.3 Å². The van der Waals surface area contributed by atoms with E-state index in [9.17, 15) is 28.7 Å². The van der Waals surface area contributed by atoms with E-state index in [1.165, 1.54) is 32.6 Å². The van der Waals surface area contributed by atoms with E-state index >= 15 is 0 Å². The van der Waals surface area contributed by atoms with Gasteiger partial charge in [-0.2, -0.15) is 0 Å². The van der Waals surface area contributed by atoms with Crippen LogP contribution in [0.4, 0.5) is 4.39 Å². The summed E-state index contributed by atoms with van der Waals surface area (Å²) in [7, 11) is 0. The lowest BCUT2D eigenvalue weighted by Gasteiger charge is -2.47. The Morgan fingerprint density at radius 1 is 1.39 bits per heavy atom. The summed E-state index contributed by atoms with van der Waals surface area (Å²) in [6, 6.07) is -1.42. The molecule has 4 aliphatic heterocycles. The van der Waals surface area contributed by atoms with Gasteiger partial charge in [0.15, 0.2) is 5.67 Å². The number of alkyl halides is 1. The van der Waals surface area contributed by atoms with E-state index in [0.29, 0.717) is 17.9 Å². The number of halogens is 1. The number of carboxylic acid groups (broad SMARTS) is 1. The number of nitrogens with one attached hydrogen (secondary N) is 2. The molecule has 1 aromatic heterocycles. The SMILES string of the molecule is C[C@@H](NC(=O)Cn1cnnn1)[C@H]1C(=O)N2C(C(=O)O)=C(SC3CNC(C(=O)N4CC(F)(CN)C4)C3)[C@H](C)[C@H]12. The molecule has 0 aromatic carbocycles. The van der Waals surface area contributed by atoms with Crippen molar-refractivity contribution in [3.63, 3.8) is 0 Å². The summed E-state index contributed by atoms with van der Waals surface area (Å²) in [5.41, 5.74) is 3.86.